The molecule has 25 heavy (non-hydrogen) atoms. The maximum atomic E-state index is 12.2. The van der Waals surface area contributed by atoms with Gasteiger partial charge in [-0.25, -0.2) is 0 Å². The molecule has 0 aromatic rings. The van der Waals surface area contributed by atoms with Gasteiger partial charge in [-0.05, 0) is 12.8 Å². The van der Waals surface area contributed by atoms with E-state index in [4.69, 9.17) is 5.11 Å². The van der Waals surface area contributed by atoms with E-state index < -0.39 is 5.97 Å². The summed E-state index contributed by atoms with van der Waals surface area (Å²) in [6, 6.07) is 0. The normalized spacial score (nSPS) is 18.2. The van der Waals surface area contributed by atoms with Gasteiger partial charge in [0.05, 0.1) is 6.42 Å². The minimum Gasteiger partial charge on any atom is -0.481 e. The first-order valence-electron chi connectivity index (χ1n) is 8.73. The Kier molecular flexibility index (Phi) is 7.12. The zero-order chi connectivity index (χ0) is 18.2. The van der Waals surface area contributed by atoms with Crippen LogP contribution in [0, 0.1) is 0 Å². The molecule has 2 heterocycles. The zero-order valence-electron chi connectivity index (χ0n) is 14.4. The summed E-state index contributed by atoms with van der Waals surface area (Å²) in [6.45, 7) is 3.64. The minimum atomic E-state index is -0.799. The molecule has 0 unspecified atom stereocenters. The number of carbonyl (C=O) groups excluding carboxylic acids is 3. The van der Waals surface area contributed by atoms with Crippen molar-refractivity contribution >= 4 is 23.7 Å². The Hall–Kier alpha value is -2.22. The van der Waals surface area contributed by atoms with Gasteiger partial charge in [0.1, 0.15) is 0 Å². The first kappa shape index (κ1) is 19.1. The minimum absolute atomic E-state index is 0.118. The maximum absolute atomic E-state index is 12.2. The molecule has 138 valence electrons. The Labute approximate surface area is 147 Å². The highest BCUT2D eigenvalue weighted by atomic mass is 16.4. The Bertz CT molecular complexity index is 534. The van der Waals surface area contributed by atoms with Crippen LogP contribution in [0.2, 0.25) is 0 Å². The molecule has 0 aromatic carbocycles. The van der Waals surface area contributed by atoms with Gasteiger partial charge in [0, 0.05) is 57.8 Å². The lowest BCUT2D eigenvalue weighted by molar-refractivity contribution is -0.138. The monoisotopic (exact) mass is 351 g/mol. The molecular formula is C17H25N3O5. The lowest BCUT2D eigenvalue weighted by Crippen LogP contribution is -2.49. The van der Waals surface area contributed by atoms with E-state index in [0.29, 0.717) is 52.1 Å². The fourth-order valence-electron chi connectivity index (χ4n) is 3.01. The van der Waals surface area contributed by atoms with Crippen LogP contribution in [0.25, 0.3) is 0 Å². The Balaban J connectivity index is 1.55. The predicted octanol–water partition coefficient (Wildman–Crippen LogP) is 0.0907. The highest BCUT2D eigenvalue weighted by Crippen LogP contribution is 2.10. The summed E-state index contributed by atoms with van der Waals surface area (Å²) in [5.74, 6) is -1.21. The number of amides is 3. The standard InChI is InChI=1S/C17H25N3O5/c21-14(19-12-10-18(11-13-19)9-7-17(24)25)4-2-1-3-8-20-15(22)5-6-16(20)23/h5-6H,1-4,7-13H2,(H,24,25). The molecule has 0 radical (unpaired) electrons. The predicted molar refractivity (Wildman–Crippen MR) is 89.6 cm³/mol. The molecule has 2 aliphatic heterocycles. The topological polar surface area (TPSA) is 98.2 Å². The molecule has 2 aliphatic rings. The Morgan fingerprint density at radius 2 is 1.52 bits per heavy atom. The second-order valence-electron chi connectivity index (χ2n) is 6.34. The number of imide groups is 1. The van der Waals surface area contributed by atoms with Crippen molar-refractivity contribution in [3.63, 3.8) is 0 Å². The van der Waals surface area contributed by atoms with Gasteiger partial charge >= 0.3 is 5.97 Å². The Morgan fingerprint density at radius 3 is 2.12 bits per heavy atom. The average Bonchev–Trinajstić information content (AvgIpc) is 2.91. The molecule has 0 saturated carbocycles. The van der Waals surface area contributed by atoms with Gasteiger partial charge in [-0.2, -0.15) is 0 Å². The van der Waals surface area contributed by atoms with Crippen LogP contribution in [0.4, 0.5) is 0 Å². The molecule has 8 nitrogen and oxygen atoms in total. The lowest BCUT2D eigenvalue weighted by Gasteiger charge is -2.34. The van der Waals surface area contributed by atoms with Gasteiger partial charge in [0.2, 0.25) is 5.91 Å². The molecule has 1 fully saturated rings. The molecule has 1 N–H and O–H groups in total. The summed E-state index contributed by atoms with van der Waals surface area (Å²) in [4.78, 5) is 50.7. The van der Waals surface area contributed by atoms with Gasteiger partial charge in [-0.15, -0.1) is 0 Å². The number of hydrogen-bond acceptors (Lipinski definition) is 5. The zero-order valence-corrected chi connectivity index (χ0v) is 14.4. The van der Waals surface area contributed by atoms with Gasteiger partial charge < -0.3 is 10.0 Å². The molecule has 8 heteroatoms. The van der Waals surface area contributed by atoms with Crippen LogP contribution in [0.15, 0.2) is 12.2 Å². The number of carbonyl (C=O) groups is 4. The third-order valence-corrected chi connectivity index (χ3v) is 4.54. The van der Waals surface area contributed by atoms with Crippen LogP contribution in [0.1, 0.15) is 32.1 Å². The van der Waals surface area contributed by atoms with Gasteiger partial charge in [0.25, 0.3) is 11.8 Å². The third-order valence-electron chi connectivity index (χ3n) is 4.54. The molecule has 3 amide bonds. The van der Waals surface area contributed by atoms with E-state index in [1.54, 1.807) is 0 Å². The quantitative estimate of drug-likeness (QED) is 0.467. The lowest BCUT2D eigenvalue weighted by atomic mass is 10.1. The second kappa shape index (κ2) is 9.31. The van der Waals surface area contributed by atoms with E-state index >= 15 is 0 Å². The molecule has 0 aliphatic carbocycles. The molecule has 1 saturated heterocycles. The van der Waals surface area contributed by atoms with Crippen molar-refractivity contribution in [2.45, 2.75) is 32.1 Å². The first-order valence-corrected chi connectivity index (χ1v) is 8.73. The van der Waals surface area contributed by atoms with Crippen molar-refractivity contribution in [2.24, 2.45) is 0 Å². The SMILES string of the molecule is O=C(O)CCN1CCN(C(=O)CCCCCN2C(=O)C=CC2=O)CC1. The number of carboxylic acid groups (broad SMARTS) is 1. The molecular weight excluding hydrogens is 326 g/mol. The van der Waals surface area contributed by atoms with E-state index in [1.165, 1.54) is 17.1 Å². The number of nitrogens with zero attached hydrogens (tertiary/aromatic N) is 3. The van der Waals surface area contributed by atoms with Crippen molar-refractivity contribution in [2.75, 3.05) is 39.3 Å². The van der Waals surface area contributed by atoms with E-state index in [2.05, 4.69) is 4.90 Å². The summed E-state index contributed by atoms with van der Waals surface area (Å²) in [6.07, 6.45) is 5.39. The summed E-state index contributed by atoms with van der Waals surface area (Å²) in [7, 11) is 0. The fourth-order valence-corrected chi connectivity index (χ4v) is 3.01. The highest BCUT2D eigenvalue weighted by Gasteiger charge is 2.23. The van der Waals surface area contributed by atoms with Gasteiger partial charge in [-0.1, -0.05) is 6.42 Å². The van der Waals surface area contributed by atoms with Crippen LogP contribution >= 0.6 is 0 Å². The molecule has 0 atom stereocenters. The van der Waals surface area contributed by atoms with E-state index in [-0.39, 0.29) is 24.1 Å². The number of rotatable bonds is 9. The van der Waals surface area contributed by atoms with Gasteiger partial charge in [0.15, 0.2) is 0 Å². The smallest absolute Gasteiger partial charge is 0.304 e. The second-order valence-corrected chi connectivity index (χ2v) is 6.34. The first-order chi connectivity index (χ1) is 12.0. The number of piperazine rings is 1. The van der Waals surface area contributed by atoms with Crippen LogP contribution in [-0.2, 0) is 19.2 Å². The summed E-state index contributed by atoms with van der Waals surface area (Å²) >= 11 is 0. The van der Waals surface area contributed by atoms with Crippen molar-refractivity contribution in [1.82, 2.24) is 14.7 Å². The number of unbranched alkanes of at least 4 members (excludes halogenated alkanes) is 2. The summed E-state index contributed by atoms with van der Waals surface area (Å²) < 4.78 is 0. The van der Waals surface area contributed by atoms with E-state index in [9.17, 15) is 19.2 Å². The molecule has 0 bridgehead atoms. The van der Waals surface area contributed by atoms with Crippen LogP contribution in [0.3, 0.4) is 0 Å². The Morgan fingerprint density at radius 1 is 0.880 bits per heavy atom. The van der Waals surface area contributed by atoms with Crippen molar-refractivity contribution < 1.29 is 24.3 Å². The molecule has 0 spiro atoms. The van der Waals surface area contributed by atoms with Crippen molar-refractivity contribution in [3.05, 3.63) is 12.2 Å². The maximum Gasteiger partial charge on any atom is 0.304 e. The molecule has 2 rings (SSSR count). The van der Waals surface area contributed by atoms with Crippen LogP contribution in [-0.4, -0.2) is 82.8 Å². The van der Waals surface area contributed by atoms with Crippen molar-refractivity contribution in [1.29, 1.82) is 0 Å². The third kappa shape index (κ3) is 5.97. The number of hydrogen-bond donors (Lipinski definition) is 1. The largest absolute Gasteiger partial charge is 0.481 e. The number of carboxylic acids is 1. The van der Waals surface area contributed by atoms with E-state index in [1.807, 2.05) is 4.90 Å². The number of aliphatic carboxylic acids is 1. The highest BCUT2D eigenvalue weighted by molar-refractivity contribution is 6.12. The van der Waals surface area contributed by atoms with E-state index in [0.717, 1.165) is 12.8 Å². The van der Waals surface area contributed by atoms with Crippen LogP contribution < -0.4 is 0 Å². The van der Waals surface area contributed by atoms with Gasteiger partial charge in [-0.3, -0.25) is 29.0 Å². The summed E-state index contributed by atoms with van der Waals surface area (Å²) in [5.41, 5.74) is 0. The van der Waals surface area contributed by atoms with Crippen molar-refractivity contribution in [3.8, 4) is 0 Å². The molecule has 0 aromatic heterocycles. The fraction of sp³-hybridized carbons (Fsp3) is 0.647. The average molecular weight is 351 g/mol. The summed E-state index contributed by atoms with van der Waals surface area (Å²) in [5, 5.41) is 8.69. The van der Waals surface area contributed by atoms with Crippen LogP contribution in [0.5, 0.6) is 0 Å².